The fraction of sp³-hybridized carbons (Fsp3) is 0.444. The maximum atomic E-state index is 10.9. The summed E-state index contributed by atoms with van der Waals surface area (Å²) < 4.78 is 0. The molecule has 3 rings (SSSR count). The Morgan fingerprint density at radius 3 is 2.18 bits per heavy atom. The van der Waals surface area contributed by atoms with Gasteiger partial charge in [-0.25, -0.2) is 0 Å². The molecular formula is C18H23N3O. The molecule has 0 saturated heterocycles. The summed E-state index contributed by atoms with van der Waals surface area (Å²) in [6.45, 7) is 7.51. The van der Waals surface area contributed by atoms with E-state index in [1.165, 1.54) is 0 Å². The van der Waals surface area contributed by atoms with Gasteiger partial charge in [-0.1, -0.05) is 32.9 Å². The van der Waals surface area contributed by atoms with Crippen molar-refractivity contribution in [1.82, 2.24) is 14.9 Å². The van der Waals surface area contributed by atoms with Crippen LogP contribution < -0.4 is 0 Å². The molecule has 4 heteroatoms. The van der Waals surface area contributed by atoms with Gasteiger partial charge in [-0.3, -0.25) is 14.9 Å². The maximum absolute atomic E-state index is 10.9. The molecule has 0 aliphatic heterocycles. The van der Waals surface area contributed by atoms with Crippen LogP contribution in [0.2, 0.25) is 0 Å². The first kappa shape index (κ1) is 15.1. The van der Waals surface area contributed by atoms with E-state index in [1.54, 1.807) is 12.4 Å². The van der Waals surface area contributed by atoms with Gasteiger partial charge in [-0.15, -0.1) is 0 Å². The number of rotatable bonds is 2. The number of likely N-dealkylation sites (N-methyl/N-ethyl adjacent to an activating group) is 1. The highest BCUT2D eigenvalue weighted by Gasteiger charge is 2.37. The first-order valence-electron chi connectivity index (χ1n) is 7.67. The highest BCUT2D eigenvalue weighted by Crippen LogP contribution is 2.45. The van der Waals surface area contributed by atoms with Crippen molar-refractivity contribution in [3.05, 3.63) is 47.8 Å². The SMILES string of the molecule is CN(CC(C)(C)C)C1c2cccnc2-c2ncccc2C1O. The van der Waals surface area contributed by atoms with Crippen LogP contribution >= 0.6 is 0 Å². The molecule has 1 aliphatic carbocycles. The Bertz CT molecular complexity index is 678. The van der Waals surface area contributed by atoms with E-state index < -0.39 is 6.10 Å². The number of aromatic nitrogens is 2. The second kappa shape index (κ2) is 5.45. The fourth-order valence-corrected chi connectivity index (χ4v) is 3.37. The van der Waals surface area contributed by atoms with Gasteiger partial charge in [0.2, 0.25) is 0 Å². The molecule has 4 nitrogen and oxygen atoms in total. The third kappa shape index (κ3) is 2.64. The van der Waals surface area contributed by atoms with Gasteiger partial charge in [0.1, 0.15) is 6.10 Å². The fourth-order valence-electron chi connectivity index (χ4n) is 3.37. The van der Waals surface area contributed by atoms with E-state index in [-0.39, 0.29) is 11.5 Å². The Kier molecular flexibility index (Phi) is 3.75. The second-order valence-electron chi connectivity index (χ2n) is 7.25. The van der Waals surface area contributed by atoms with Crippen molar-refractivity contribution < 1.29 is 5.11 Å². The molecule has 0 aromatic carbocycles. The van der Waals surface area contributed by atoms with Crippen LogP contribution in [0.4, 0.5) is 0 Å². The van der Waals surface area contributed by atoms with Gasteiger partial charge in [0, 0.05) is 30.1 Å². The molecule has 1 N–H and O–H groups in total. The van der Waals surface area contributed by atoms with E-state index >= 15 is 0 Å². The number of aliphatic hydroxyl groups excluding tert-OH is 1. The van der Waals surface area contributed by atoms with E-state index in [9.17, 15) is 5.11 Å². The van der Waals surface area contributed by atoms with E-state index in [1.807, 2.05) is 24.3 Å². The number of hydrogen-bond donors (Lipinski definition) is 1. The van der Waals surface area contributed by atoms with E-state index in [4.69, 9.17) is 0 Å². The Morgan fingerprint density at radius 2 is 1.59 bits per heavy atom. The first-order chi connectivity index (χ1) is 10.4. The highest BCUT2D eigenvalue weighted by atomic mass is 16.3. The zero-order valence-electron chi connectivity index (χ0n) is 13.6. The van der Waals surface area contributed by atoms with Crippen LogP contribution in [0.3, 0.4) is 0 Å². The maximum Gasteiger partial charge on any atom is 0.101 e. The molecule has 2 unspecified atom stereocenters. The third-order valence-electron chi connectivity index (χ3n) is 4.04. The van der Waals surface area contributed by atoms with Crippen LogP contribution in [0, 0.1) is 5.41 Å². The topological polar surface area (TPSA) is 49.2 Å². The van der Waals surface area contributed by atoms with Gasteiger partial charge >= 0.3 is 0 Å². The van der Waals surface area contributed by atoms with Crippen LogP contribution in [0.5, 0.6) is 0 Å². The minimum Gasteiger partial charge on any atom is -0.386 e. The normalized spacial score (nSPS) is 20.6. The third-order valence-corrected chi connectivity index (χ3v) is 4.04. The molecule has 22 heavy (non-hydrogen) atoms. The monoisotopic (exact) mass is 297 g/mol. The zero-order chi connectivity index (χ0) is 15.9. The summed E-state index contributed by atoms with van der Waals surface area (Å²) in [5, 5.41) is 10.9. The van der Waals surface area contributed by atoms with Gasteiger partial charge in [-0.2, -0.15) is 0 Å². The molecule has 2 atom stereocenters. The number of hydrogen-bond acceptors (Lipinski definition) is 4. The number of pyridine rings is 2. The molecule has 0 bridgehead atoms. The smallest absolute Gasteiger partial charge is 0.101 e. The van der Waals surface area contributed by atoms with Gasteiger partial charge in [0.15, 0.2) is 0 Å². The lowest BCUT2D eigenvalue weighted by atomic mass is 9.84. The van der Waals surface area contributed by atoms with Crippen LogP contribution in [0.25, 0.3) is 11.4 Å². The summed E-state index contributed by atoms with van der Waals surface area (Å²) in [5.74, 6) is 0. The van der Waals surface area contributed by atoms with Crippen molar-refractivity contribution in [3.8, 4) is 11.4 Å². The van der Waals surface area contributed by atoms with Crippen molar-refractivity contribution in [3.63, 3.8) is 0 Å². The summed E-state index contributed by atoms with van der Waals surface area (Å²) >= 11 is 0. The van der Waals surface area contributed by atoms with Gasteiger partial charge in [-0.05, 0) is 24.6 Å². The first-order valence-corrected chi connectivity index (χ1v) is 7.67. The Hall–Kier alpha value is -1.78. The molecule has 2 aromatic heterocycles. The molecule has 0 radical (unpaired) electrons. The lowest BCUT2D eigenvalue weighted by Gasteiger charge is -2.39. The number of aliphatic hydroxyl groups is 1. The predicted octanol–water partition coefficient (Wildman–Crippen LogP) is 3.21. The zero-order valence-corrected chi connectivity index (χ0v) is 13.6. The molecule has 2 heterocycles. The van der Waals surface area contributed by atoms with Gasteiger partial charge < -0.3 is 5.11 Å². The summed E-state index contributed by atoms with van der Waals surface area (Å²) in [6.07, 6.45) is 2.95. The molecule has 0 amide bonds. The Morgan fingerprint density at radius 1 is 1.05 bits per heavy atom. The molecule has 0 spiro atoms. The molecule has 0 saturated carbocycles. The second-order valence-corrected chi connectivity index (χ2v) is 7.25. The van der Waals surface area contributed by atoms with Gasteiger partial charge in [0.05, 0.1) is 17.4 Å². The summed E-state index contributed by atoms with van der Waals surface area (Å²) in [4.78, 5) is 11.2. The summed E-state index contributed by atoms with van der Waals surface area (Å²) in [6, 6.07) is 7.70. The summed E-state index contributed by atoms with van der Waals surface area (Å²) in [7, 11) is 2.07. The molecular weight excluding hydrogens is 274 g/mol. The average molecular weight is 297 g/mol. The van der Waals surface area contributed by atoms with Gasteiger partial charge in [0.25, 0.3) is 0 Å². The van der Waals surface area contributed by atoms with Crippen molar-refractivity contribution in [2.45, 2.75) is 32.9 Å². The molecule has 0 fully saturated rings. The van der Waals surface area contributed by atoms with E-state index in [0.717, 1.165) is 29.1 Å². The minimum absolute atomic E-state index is 0.0976. The predicted molar refractivity (Wildman–Crippen MR) is 87.3 cm³/mol. The van der Waals surface area contributed by atoms with Crippen molar-refractivity contribution in [2.75, 3.05) is 13.6 Å². The highest BCUT2D eigenvalue weighted by molar-refractivity contribution is 5.67. The lowest BCUT2D eigenvalue weighted by Crippen LogP contribution is -2.37. The van der Waals surface area contributed by atoms with Crippen molar-refractivity contribution in [1.29, 1.82) is 0 Å². The lowest BCUT2D eigenvalue weighted by molar-refractivity contribution is 0.0433. The van der Waals surface area contributed by atoms with Crippen LogP contribution in [-0.4, -0.2) is 33.6 Å². The molecule has 1 aliphatic rings. The largest absolute Gasteiger partial charge is 0.386 e. The van der Waals surface area contributed by atoms with Crippen LogP contribution in [-0.2, 0) is 0 Å². The minimum atomic E-state index is -0.590. The van der Waals surface area contributed by atoms with Crippen LogP contribution in [0.1, 0.15) is 44.0 Å². The standard InChI is InChI=1S/C18H23N3O/c1-18(2,3)11-21(4)16-12-7-5-9-19-14(12)15-13(17(16)22)8-6-10-20-15/h5-10,16-17,22H,11H2,1-4H3. The average Bonchev–Trinajstić information content (AvgIpc) is 2.46. The summed E-state index contributed by atoms with van der Waals surface area (Å²) in [5.41, 5.74) is 3.75. The molecule has 116 valence electrons. The van der Waals surface area contributed by atoms with Crippen molar-refractivity contribution >= 4 is 0 Å². The van der Waals surface area contributed by atoms with Crippen molar-refractivity contribution in [2.24, 2.45) is 5.41 Å². The number of fused-ring (bicyclic) bond motifs is 3. The molecule has 2 aromatic rings. The Labute approximate surface area is 131 Å². The van der Waals surface area contributed by atoms with E-state index in [2.05, 4.69) is 42.7 Å². The van der Waals surface area contributed by atoms with Crippen LogP contribution in [0.15, 0.2) is 36.7 Å². The van der Waals surface area contributed by atoms with E-state index in [0.29, 0.717) is 0 Å². The quantitative estimate of drug-likeness (QED) is 0.924. The number of nitrogens with zero attached hydrogens (tertiary/aromatic N) is 3. The Balaban J connectivity index is 2.09.